The van der Waals surface area contributed by atoms with Gasteiger partial charge in [-0.15, -0.1) is 0 Å². The summed E-state index contributed by atoms with van der Waals surface area (Å²) in [5.41, 5.74) is 0.627. The van der Waals surface area contributed by atoms with Crippen molar-refractivity contribution in [2.45, 2.75) is 25.0 Å². The van der Waals surface area contributed by atoms with E-state index in [4.69, 9.17) is 0 Å². The lowest BCUT2D eigenvalue weighted by Crippen LogP contribution is -2.42. The molecule has 1 amide bonds. The highest BCUT2D eigenvalue weighted by Gasteiger charge is 2.34. The summed E-state index contributed by atoms with van der Waals surface area (Å²) in [6, 6.07) is 6.91. The molecule has 0 radical (unpaired) electrons. The fraction of sp³-hybridized carbons (Fsp3) is 0.533. The van der Waals surface area contributed by atoms with E-state index in [1.165, 1.54) is 0 Å². The van der Waals surface area contributed by atoms with Crippen molar-refractivity contribution in [2.75, 3.05) is 27.2 Å². The fourth-order valence-electron chi connectivity index (χ4n) is 2.72. The first-order chi connectivity index (χ1) is 9.47. The number of aliphatic hydroxyl groups is 1. The summed E-state index contributed by atoms with van der Waals surface area (Å²) in [6.07, 6.45) is 0.335. The lowest BCUT2D eigenvalue weighted by Gasteiger charge is -2.27. The molecule has 0 aromatic heterocycles. The first-order valence-corrected chi connectivity index (χ1v) is 6.86. The molecule has 5 heteroatoms. The number of aliphatic hydroxyl groups excluding tert-OH is 1. The van der Waals surface area contributed by atoms with Crippen LogP contribution >= 0.6 is 0 Å². The zero-order valence-corrected chi connectivity index (χ0v) is 12.0. The fourth-order valence-corrected chi connectivity index (χ4v) is 2.72. The Balaban J connectivity index is 2.05. The number of rotatable bonds is 4. The van der Waals surface area contributed by atoms with Gasteiger partial charge in [-0.25, -0.2) is 0 Å². The lowest BCUT2D eigenvalue weighted by atomic mass is 10.1. The van der Waals surface area contributed by atoms with Gasteiger partial charge in [-0.05, 0) is 26.6 Å². The molecule has 2 N–H and O–H groups in total. The van der Waals surface area contributed by atoms with Gasteiger partial charge in [0.2, 0.25) is 5.91 Å². The third-order valence-electron chi connectivity index (χ3n) is 3.62. The summed E-state index contributed by atoms with van der Waals surface area (Å²) in [7, 11) is 3.91. The minimum Gasteiger partial charge on any atom is -0.508 e. The maximum atomic E-state index is 12.4. The van der Waals surface area contributed by atoms with Gasteiger partial charge < -0.3 is 20.0 Å². The molecule has 0 bridgehead atoms. The first kappa shape index (κ1) is 14.8. The van der Waals surface area contributed by atoms with Crippen LogP contribution in [-0.4, -0.2) is 65.3 Å². The van der Waals surface area contributed by atoms with E-state index in [9.17, 15) is 15.0 Å². The van der Waals surface area contributed by atoms with Crippen molar-refractivity contribution in [3.8, 4) is 5.75 Å². The van der Waals surface area contributed by atoms with Crippen LogP contribution in [0, 0.1) is 0 Å². The average Bonchev–Trinajstić information content (AvgIpc) is 2.72. The standard InChI is InChI=1S/C15H22N2O3/c1-16(2)9-12-8-13(18)10-17(12)15(20)7-11-5-3-4-6-14(11)19/h3-6,12-13,18-19H,7-10H2,1-2H3. The minimum atomic E-state index is -0.451. The molecule has 0 spiro atoms. The second-order valence-corrected chi connectivity index (χ2v) is 5.66. The average molecular weight is 278 g/mol. The smallest absolute Gasteiger partial charge is 0.227 e. The van der Waals surface area contributed by atoms with Crippen molar-refractivity contribution >= 4 is 5.91 Å². The normalized spacial score (nSPS) is 22.5. The first-order valence-electron chi connectivity index (χ1n) is 6.86. The highest BCUT2D eigenvalue weighted by atomic mass is 16.3. The van der Waals surface area contributed by atoms with E-state index in [1.807, 2.05) is 19.0 Å². The number of hydrogen-bond acceptors (Lipinski definition) is 4. The molecule has 2 rings (SSSR count). The van der Waals surface area contributed by atoms with E-state index >= 15 is 0 Å². The van der Waals surface area contributed by atoms with Gasteiger partial charge in [0.05, 0.1) is 12.5 Å². The Bertz CT molecular complexity index is 476. The van der Waals surface area contributed by atoms with Crippen molar-refractivity contribution in [3.63, 3.8) is 0 Å². The van der Waals surface area contributed by atoms with Crippen LogP contribution in [0.3, 0.4) is 0 Å². The van der Waals surface area contributed by atoms with Crippen LogP contribution in [0.1, 0.15) is 12.0 Å². The van der Waals surface area contributed by atoms with E-state index in [1.54, 1.807) is 29.2 Å². The number of aromatic hydroxyl groups is 1. The number of amides is 1. The number of likely N-dealkylation sites (N-methyl/N-ethyl adjacent to an activating group) is 1. The molecule has 1 aliphatic rings. The molecule has 2 atom stereocenters. The molecule has 1 heterocycles. The van der Waals surface area contributed by atoms with Crippen molar-refractivity contribution in [1.29, 1.82) is 0 Å². The molecule has 0 saturated carbocycles. The van der Waals surface area contributed by atoms with Crippen LogP contribution in [0.25, 0.3) is 0 Å². The predicted octanol–water partition coefficient (Wildman–Crippen LogP) is 0.458. The topological polar surface area (TPSA) is 64.0 Å². The van der Waals surface area contributed by atoms with Crippen molar-refractivity contribution in [1.82, 2.24) is 9.80 Å². The highest BCUT2D eigenvalue weighted by Crippen LogP contribution is 2.22. The minimum absolute atomic E-state index is 0.0401. The molecule has 110 valence electrons. The number of phenols is 1. The second-order valence-electron chi connectivity index (χ2n) is 5.66. The van der Waals surface area contributed by atoms with Crippen LogP contribution < -0.4 is 0 Å². The van der Waals surface area contributed by atoms with E-state index in [2.05, 4.69) is 0 Å². The molecular formula is C15H22N2O3. The summed E-state index contributed by atoms with van der Waals surface area (Å²) in [4.78, 5) is 16.1. The summed E-state index contributed by atoms with van der Waals surface area (Å²) >= 11 is 0. The maximum absolute atomic E-state index is 12.4. The Hall–Kier alpha value is -1.59. The van der Waals surface area contributed by atoms with E-state index < -0.39 is 6.10 Å². The summed E-state index contributed by atoms with van der Waals surface area (Å²) in [5.74, 6) is 0.0969. The number of β-amino-alcohol motifs (C(OH)–C–C–N with tert-alkyl or cyclic N) is 1. The Labute approximate surface area is 119 Å². The Morgan fingerprint density at radius 3 is 2.75 bits per heavy atom. The van der Waals surface area contributed by atoms with Crippen molar-refractivity contribution < 1.29 is 15.0 Å². The quantitative estimate of drug-likeness (QED) is 0.840. The Morgan fingerprint density at radius 1 is 1.40 bits per heavy atom. The van der Waals surface area contributed by atoms with Gasteiger partial charge in [-0.2, -0.15) is 0 Å². The number of phenolic OH excluding ortho intramolecular Hbond substituents is 1. The van der Waals surface area contributed by atoms with Gasteiger partial charge in [0.25, 0.3) is 0 Å². The van der Waals surface area contributed by atoms with Crippen LogP contribution in [0.5, 0.6) is 5.75 Å². The van der Waals surface area contributed by atoms with Gasteiger partial charge in [0, 0.05) is 24.7 Å². The Kier molecular flexibility index (Phi) is 4.62. The third-order valence-corrected chi connectivity index (χ3v) is 3.62. The van der Waals surface area contributed by atoms with Crippen LogP contribution in [-0.2, 0) is 11.2 Å². The molecule has 1 aliphatic heterocycles. The number of benzene rings is 1. The number of likely N-dealkylation sites (tertiary alicyclic amines) is 1. The van der Waals surface area contributed by atoms with Gasteiger partial charge in [0.15, 0.2) is 0 Å². The van der Waals surface area contributed by atoms with Crippen LogP contribution in [0.15, 0.2) is 24.3 Å². The van der Waals surface area contributed by atoms with Crippen LogP contribution in [0.2, 0.25) is 0 Å². The second kappa shape index (κ2) is 6.24. The van der Waals surface area contributed by atoms with Crippen molar-refractivity contribution in [2.24, 2.45) is 0 Å². The van der Waals surface area contributed by atoms with Gasteiger partial charge in [-0.3, -0.25) is 4.79 Å². The molecular weight excluding hydrogens is 256 g/mol. The molecule has 5 nitrogen and oxygen atoms in total. The van der Waals surface area contributed by atoms with E-state index in [0.29, 0.717) is 18.5 Å². The van der Waals surface area contributed by atoms with E-state index in [0.717, 1.165) is 6.54 Å². The number of para-hydroxylation sites is 1. The highest BCUT2D eigenvalue weighted by molar-refractivity contribution is 5.80. The molecule has 20 heavy (non-hydrogen) atoms. The Morgan fingerprint density at radius 2 is 2.10 bits per heavy atom. The SMILES string of the molecule is CN(C)CC1CC(O)CN1C(=O)Cc1ccccc1O. The largest absolute Gasteiger partial charge is 0.508 e. The molecule has 1 aromatic rings. The van der Waals surface area contributed by atoms with Gasteiger partial charge in [-0.1, -0.05) is 18.2 Å². The molecule has 1 aromatic carbocycles. The molecule has 1 saturated heterocycles. The van der Waals surface area contributed by atoms with E-state index in [-0.39, 0.29) is 24.1 Å². The lowest BCUT2D eigenvalue weighted by molar-refractivity contribution is -0.131. The summed E-state index contributed by atoms with van der Waals surface area (Å²) in [6.45, 7) is 1.12. The number of hydrogen-bond donors (Lipinski definition) is 2. The van der Waals surface area contributed by atoms with Gasteiger partial charge >= 0.3 is 0 Å². The summed E-state index contributed by atoms with van der Waals surface area (Å²) < 4.78 is 0. The van der Waals surface area contributed by atoms with Gasteiger partial charge in [0.1, 0.15) is 5.75 Å². The predicted molar refractivity (Wildman–Crippen MR) is 76.5 cm³/mol. The van der Waals surface area contributed by atoms with Crippen molar-refractivity contribution in [3.05, 3.63) is 29.8 Å². The maximum Gasteiger partial charge on any atom is 0.227 e. The third kappa shape index (κ3) is 3.49. The monoisotopic (exact) mass is 278 g/mol. The molecule has 2 unspecified atom stereocenters. The number of carbonyl (C=O) groups is 1. The molecule has 1 fully saturated rings. The zero-order chi connectivity index (χ0) is 14.7. The molecule has 0 aliphatic carbocycles. The van der Waals surface area contributed by atoms with Crippen LogP contribution in [0.4, 0.5) is 0 Å². The number of carbonyl (C=O) groups excluding carboxylic acids is 1. The summed E-state index contributed by atoms with van der Waals surface area (Å²) in [5, 5.41) is 19.5. The number of nitrogens with zero attached hydrogens (tertiary/aromatic N) is 2. The zero-order valence-electron chi connectivity index (χ0n) is 12.0.